The van der Waals surface area contributed by atoms with Crippen LogP contribution in [0.25, 0.3) is 22.3 Å². The van der Waals surface area contributed by atoms with Gasteiger partial charge in [-0.3, -0.25) is 0 Å². The Bertz CT molecular complexity index is 513. The van der Waals surface area contributed by atoms with Crippen molar-refractivity contribution in [2.45, 2.75) is 0 Å². The van der Waals surface area contributed by atoms with Crippen LogP contribution in [0.2, 0.25) is 0 Å². The second kappa shape index (κ2) is 4.24. The summed E-state index contributed by atoms with van der Waals surface area (Å²) in [4.78, 5) is 0. The molecule has 0 aliphatic heterocycles. The number of hydrogen-bond donors (Lipinski definition) is 0. The lowest BCUT2D eigenvalue weighted by atomic mass is 10.0. The molecule has 0 unspecified atom stereocenters. The number of thiophene rings is 2. The van der Waals surface area contributed by atoms with Crippen LogP contribution in [0.3, 0.4) is 0 Å². The van der Waals surface area contributed by atoms with E-state index in [-0.39, 0.29) is 0 Å². The molecule has 1 radical (unpaired) electrons. The fourth-order valence-electron chi connectivity index (χ4n) is 1.66. The van der Waals surface area contributed by atoms with Crippen LogP contribution in [0.1, 0.15) is 0 Å². The Hall–Kier alpha value is -1.38. The molecular weight excluding hydrogens is 232 g/mol. The van der Waals surface area contributed by atoms with Crippen molar-refractivity contribution in [3.8, 4) is 22.3 Å². The lowest BCUT2D eigenvalue weighted by molar-refractivity contribution is 1.64. The summed E-state index contributed by atoms with van der Waals surface area (Å²) in [6.07, 6.45) is 0. The quantitative estimate of drug-likeness (QED) is 0.596. The van der Waals surface area contributed by atoms with Crippen LogP contribution in [-0.4, -0.2) is 0 Å². The Kier molecular flexibility index (Phi) is 2.60. The summed E-state index contributed by atoms with van der Waals surface area (Å²) in [5, 5.41) is 8.54. The van der Waals surface area contributed by atoms with E-state index in [1.165, 1.54) is 22.3 Å². The molecule has 3 aromatic rings. The van der Waals surface area contributed by atoms with Crippen LogP contribution < -0.4 is 0 Å². The van der Waals surface area contributed by atoms with Crippen LogP contribution >= 0.6 is 22.7 Å². The van der Waals surface area contributed by atoms with Gasteiger partial charge >= 0.3 is 0 Å². The van der Waals surface area contributed by atoms with Crippen LogP contribution in [0.4, 0.5) is 0 Å². The van der Waals surface area contributed by atoms with E-state index < -0.39 is 0 Å². The maximum atomic E-state index is 3.22. The maximum Gasteiger partial charge on any atom is -0.00147 e. The molecule has 0 atom stereocenters. The standard InChI is InChI=1S/C14H9S2/c1-2-11(13-4-6-15-9-13)8-12(3-1)14-5-7-16-10-14/h2-10H. The Balaban J connectivity index is 2.07. The first-order valence-corrected chi connectivity index (χ1v) is 6.88. The van der Waals surface area contributed by atoms with Crippen molar-refractivity contribution in [1.29, 1.82) is 0 Å². The molecule has 2 heteroatoms. The Morgan fingerprint density at radius 1 is 0.750 bits per heavy atom. The summed E-state index contributed by atoms with van der Waals surface area (Å²) >= 11 is 3.45. The summed E-state index contributed by atoms with van der Waals surface area (Å²) in [6.45, 7) is 0. The number of benzene rings is 1. The zero-order valence-electron chi connectivity index (χ0n) is 8.51. The highest BCUT2D eigenvalue weighted by molar-refractivity contribution is 7.08. The van der Waals surface area contributed by atoms with Gasteiger partial charge in [0.2, 0.25) is 0 Å². The SMILES string of the molecule is [c]1cc(-c2ccsc2)cc(-c2ccsc2)c1. The van der Waals surface area contributed by atoms with Gasteiger partial charge in [-0.15, -0.1) is 0 Å². The van der Waals surface area contributed by atoms with E-state index in [0.717, 1.165) is 0 Å². The minimum Gasteiger partial charge on any atom is -0.152 e. The fraction of sp³-hybridized carbons (Fsp3) is 0. The molecule has 0 aliphatic carbocycles. The van der Waals surface area contributed by atoms with E-state index in [1.807, 2.05) is 12.1 Å². The van der Waals surface area contributed by atoms with Crippen molar-refractivity contribution in [2.24, 2.45) is 0 Å². The third-order valence-electron chi connectivity index (χ3n) is 2.50. The molecule has 2 aromatic heterocycles. The average molecular weight is 241 g/mol. The zero-order valence-corrected chi connectivity index (χ0v) is 10.1. The van der Waals surface area contributed by atoms with Crippen molar-refractivity contribution in [3.05, 3.63) is 57.9 Å². The second-order valence-corrected chi connectivity index (χ2v) is 5.09. The van der Waals surface area contributed by atoms with Crippen molar-refractivity contribution in [2.75, 3.05) is 0 Å². The molecule has 0 spiro atoms. The molecule has 3 rings (SSSR count). The summed E-state index contributed by atoms with van der Waals surface area (Å²) in [6, 6.07) is 13.8. The maximum absolute atomic E-state index is 3.22. The highest BCUT2D eigenvalue weighted by Gasteiger charge is 2.01. The van der Waals surface area contributed by atoms with Crippen molar-refractivity contribution in [1.82, 2.24) is 0 Å². The Labute approximate surface area is 103 Å². The topological polar surface area (TPSA) is 0 Å². The highest BCUT2D eigenvalue weighted by atomic mass is 32.1. The van der Waals surface area contributed by atoms with Crippen molar-refractivity contribution in [3.63, 3.8) is 0 Å². The lowest BCUT2D eigenvalue weighted by Crippen LogP contribution is -1.77. The van der Waals surface area contributed by atoms with Gasteiger partial charge in [0.05, 0.1) is 0 Å². The molecule has 77 valence electrons. The third-order valence-corrected chi connectivity index (χ3v) is 3.86. The molecule has 0 aliphatic rings. The number of rotatable bonds is 2. The van der Waals surface area contributed by atoms with Gasteiger partial charge in [0.25, 0.3) is 0 Å². The van der Waals surface area contributed by atoms with E-state index in [2.05, 4.69) is 45.8 Å². The van der Waals surface area contributed by atoms with Crippen LogP contribution in [-0.2, 0) is 0 Å². The van der Waals surface area contributed by atoms with Crippen molar-refractivity contribution >= 4 is 22.7 Å². The zero-order chi connectivity index (χ0) is 10.8. The lowest BCUT2D eigenvalue weighted by Gasteiger charge is -2.01. The number of hydrogen-bond acceptors (Lipinski definition) is 2. The van der Waals surface area contributed by atoms with Gasteiger partial charge in [-0.25, -0.2) is 0 Å². The molecule has 0 bridgehead atoms. The first-order chi connectivity index (χ1) is 7.93. The van der Waals surface area contributed by atoms with E-state index in [0.29, 0.717) is 0 Å². The summed E-state index contributed by atoms with van der Waals surface area (Å²) < 4.78 is 0. The van der Waals surface area contributed by atoms with Gasteiger partial charge in [0.1, 0.15) is 0 Å². The molecule has 0 amide bonds. The van der Waals surface area contributed by atoms with Gasteiger partial charge in [-0.2, -0.15) is 22.7 Å². The van der Waals surface area contributed by atoms with Crippen LogP contribution in [0.15, 0.2) is 51.9 Å². The van der Waals surface area contributed by atoms with E-state index in [4.69, 9.17) is 0 Å². The smallest absolute Gasteiger partial charge is 0.00147 e. The summed E-state index contributed by atoms with van der Waals surface area (Å²) in [7, 11) is 0. The molecule has 1 aromatic carbocycles. The fourth-order valence-corrected chi connectivity index (χ4v) is 2.99. The van der Waals surface area contributed by atoms with Gasteiger partial charge in [-0.1, -0.05) is 0 Å². The summed E-state index contributed by atoms with van der Waals surface area (Å²) in [5.74, 6) is 0. The molecule has 0 fully saturated rings. The van der Waals surface area contributed by atoms with E-state index in [9.17, 15) is 0 Å². The minimum absolute atomic E-state index is 1.24. The molecule has 0 nitrogen and oxygen atoms in total. The minimum atomic E-state index is 1.24. The molecule has 0 saturated heterocycles. The van der Waals surface area contributed by atoms with Crippen LogP contribution in [0.5, 0.6) is 0 Å². The van der Waals surface area contributed by atoms with Crippen LogP contribution in [0, 0.1) is 6.07 Å². The molecule has 0 saturated carbocycles. The van der Waals surface area contributed by atoms with Gasteiger partial charge in [-0.05, 0) is 80.2 Å². The largest absolute Gasteiger partial charge is 0.152 e. The molecule has 0 N–H and O–H groups in total. The van der Waals surface area contributed by atoms with E-state index >= 15 is 0 Å². The third kappa shape index (κ3) is 1.82. The monoisotopic (exact) mass is 241 g/mol. The highest BCUT2D eigenvalue weighted by Crippen LogP contribution is 2.28. The van der Waals surface area contributed by atoms with Gasteiger partial charge in [0.15, 0.2) is 0 Å². The van der Waals surface area contributed by atoms with E-state index in [1.54, 1.807) is 22.7 Å². The normalized spacial score (nSPS) is 10.5. The summed E-state index contributed by atoms with van der Waals surface area (Å²) in [5.41, 5.74) is 5.03. The Morgan fingerprint density at radius 2 is 1.31 bits per heavy atom. The molecular formula is C14H9S2. The van der Waals surface area contributed by atoms with Gasteiger partial charge < -0.3 is 0 Å². The molecule has 16 heavy (non-hydrogen) atoms. The van der Waals surface area contributed by atoms with Gasteiger partial charge in [0, 0.05) is 0 Å². The second-order valence-electron chi connectivity index (χ2n) is 3.53. The predicted octanol–water partition coefficient (Wildman–Crippen LogP) is 4.94. The van der Waals surface area contributed by atoms with Crippen molar-refractivity contribution < 1.29 is 0 Å². The molecule has 2 heterocycles. The Morgan fingerprint density at radius 3 is 1.75 bits per heavy atom. The first kappa shape index (κ1) is 9.82. The first-order valence-electron chi connectivity index (χ1n) is 5.00. The average Bonchev–Trinajstić information content (AvgIpc) is 3.03. The predicted molar refractivity (Wildman–Crippen MR) is 71.9 cm³/mol.